The summed E-state index contributed by atoms with van der Waals surface area (Å²) in [5.41, 5.74) is 0.866. The maximum absolute atomic E-state index is 13.0. The summed E-state index contributed by atoms with van der Waals surface area (Å²) in [6.07, 6.45) is 2.78. The minimum absolute atomic E-state index is 0.182. The van der Waals surface area contributed by atoms with E-state index in [1.54, 1.807) is 12.1 Å². The predicted molar refractivity (Wildman–Crippen MR) is 74.3 cm³/mol. The topological polar surface area (TPSA) is 15.3 Å². The van der Waals surface area contributed by atoms with E-state index >= 15 is 0 Å². The molecule has 2 rings (SSSR count). The molecule has 1 N–H and O–H groups in total. The molecule has 1 aliphatic carbocycles. The minimum Gasteiger partial charge on any atom is -0.384 e. The van der Waals surface area contributed by atoms with Crippen LogP contribution in [0, 0.1) is 11.7 Å². The van der Waals surface area contributed by atoms with Crippen LogP contribution in [-0.4, -0.2) is 30.6 Å². The molecular formula is C15H23FN2. The first-order valence-corrected chi connectivity index (χ1v) is 6.88. The Kier molecular flexibility index (Phi) is 4.59. The molecule has 18 heavy (non-hydrogen) atoms. The Bertz CT molecular complexity index is 375. The van der Waals surface area contributed by atoms with E-state index in [0.29, 0.717) is 6.04 Å². The van der Waals surface area contributed by atoms with E-state index in [1.165, 1.54) is 25.5 Å². The van der Waals surface area contributed by atoms with Crippen molar-refractivity contribution in [1.82, 2.24) is 4.90 Å². The van der Waals surface area contributed by atoms with Crippen LogP contribution in [0.2, 0.25) is 0 Å². The Morgan fingerprint density at radius 2 is 2.17 bits per heavy atom. The van der Waals surface area contributed by atoms with Gasteiger partial charge in [-0.2, -0.15) is 0 Å². The lowest BCUT2D eigenvalue weighted by atomic mass is 10.2. The Hall–Kier alpha value is -1.09. The van der Waals surface area contributed by atoms with Crippen molar-refractivity contribution in [2.75, 3.05) is 25.0 Å². The molecule has 0 unspecified atom stereocenters. The SMILES string of the molecule is CC(C)N(CCNc1cccc(F)c1)CC1CC1. The zero-order chi connectivity index (χ0) is 13.0. The summed E-state index contributed by atoms with van der Waals surface area (Å²) in [7, 11) is 0. The fourth-order valence-electron chi connectivity index (χ4n) is 2.13. The van der Waals surface area contributed by atoms with Crippen molar-refractivity contribution in [3.63, 3.8) is 0 Å². The Labute approximate surface area is 109 Å². The number of hydrogen-bond acceptors (Lipinski definition) is 2. The molecule has 0 bridgehead atoms. The third-order valence-corrected chi connectivity index (χ3v) is 3.47. The summed E-state index contributed by atoms with van der Waals surface area (Å²) in [6.45, 7) is 7.58. The highest BCUT2D eigenvalue weighted by molar-refractivity contribution is 5.42. The van der Waals surface area contributed by atoms with Crippen LogP contribution in [0.5, 0.6) is 0 Å². The van der Waals surface area contributed by atoms with E-state index < -0.39 is 0 Å². The van der Waals surface area contributed by atoms with Crippen LogP contribution in [0.15, 0.2) is 24.3 Å². The van der Waals surface area contributed by atoms with E-state index in [4.69, 9.17) is 0 Å². The molecule has 1 aromatic rings. The highest BCUT2D eigenvalue weighted by atomic mass is 19.1. The van der Waals surface area contributed by atoms with Crippen molar-refractivity contribution >= 4 is 5.69 Å². The van der Waals surface area contributed by atoms with Crippen molar-refractivity contribution in [2.45, 2.75) is 32.7 Å². The van der Waals surface area contributed by atoms with E-state index in [-0.39, 0.29) is 5.82 Å². The van der Waals surface area contributed by atoms with Gasteiger partial charge in [0.2, 0.25) is 0 Å². The fourth-order valence-corrected chi connectivity index (χ4v) is 2.13. The first kappa shape index (κ1) is 13.3. The van der Waals surface area contributed by atoms with Crippen LogP contribution in [0.25, 0.3) is 0 Å². The minimum atomic E-state index is -0.182. The second-order valence-electron chi connectivity index (χ2n) is 5.47. The predicted octanol–water partition coefficient (Wildman–Crippen LogP) is 3.36. The van der Waals surface area contributed by atoms with Crippen molar-refractivity contribution < 1.29 is 4.39 Å². The number of halogens is 1. The van der Waals surface area contributed by atoms with Gasteiger partial charge in [-0.05, 0) is 50.8 Å². The maximum Gasteiger partial charge on any atom is 0.125 e. The molecule has 2 nitrogen and oxygen atoms in total. The van der Waals surface area contributed by atoms with Crippen molar-refractivity contribution in [3.8, 4) is 0 Å². The van der Waals surface area contributed by atoms with E-state index in [9.17, 15) is 4.39 Å². The number of anilines is 1. The number of benzene rings is 1. The molecule has 100 valence electrons. The van der Waals surface area contributed by atoms with Gasteiger partial charge in [0.15, 0.2) is 0 Å². The third kappa shape index (κ3) is 4.30. The van der Waals surface area contributed by atoms with Gasteiger partial charge in [-0.3, -0.25) is 4.90 Å². The molecule has 1 fully saturated rings. The third-order valence-electron chi connectivity index (χ3n) is 3.47. The van der Waals surface area contributed by atoms with Gasteiger partial charge in [0.1, 0.15) is 5.82 Å². The molecular weight excluding hydrogens is 227 g/mol. The lowest BCUT2D eigenvalue weighted by Gasteiger charge is -2.26. The zero-order valence-corrected chi connectivity index (χ0v) is 11.3. The highest BCUT2D eigenvalue weighted by Gasteiger charge is 2.24. The van der Waals surface area contributed by atoms with Gasteiger partial charge >= 0.3 is 0 Å². The summed E-state index contributed by atoms with van der Waals surface area (Å²) >= 11 is 0. The average molecular weight is 250 g/mol. The van der Waals surface area contributed by atoms with Crippen LogP contribution < -0.4 is 5.32 Å². The number of rotatable bonds is 7. The molecule has 1 aromatic carbocycles. The summed E-state index contributed by atoms with van der Waals surface area (Å²) in [6, 6.07) is 7.24. The van der Waals surface area contributed by atoms with Gasteiger partial charge in [0.25, 0.3) is 0 Å². The van der Waals surface area contributed by atoms with E-state index in [0.717, 1.165) is 24.7 Å². The number of nitrogens with zero attached hydrogens (tertiary/aromatic N) is 1. The van der Waals surface area contributed by atoms with Crippen LogP contribution in [-0.2, 0) is 0 Å². The normalized spacial score (nSPS) is 15.4. The Balaban J connectivity index is 1.75. The second kappa shape index (κ2) is 6.19. The average Bonchev–Trinajstić information content (AvgIpc) is 3.11. The number of hydrogen-bond donors (Lipinski definition) is 1. The van der Waals surface area contributed by atoms with Gasteiger partial charge < -0.3 is 5.32 Å². The monoisotopic (exact) mass is 250 g/mol. The molecule has 1 saturated carbocycles. The smallest absolute Gasteiger partial charge is 0.125 e. The highest BCUT2D eigenvalue weighted by Crippen LogP contribution is 2.30. The van der Waals surface area contributed by atoms with E-state index in [1.807, 2.05) is 6.07 Å². The quantitative estimate of drug-likeness (QED) is 0.798. The first-order chi connectivity index (χ1) is 8.65. The summed E-state index contributed by atoms with van der Waals surface area (Å²) < 4.78 is 13.0. The molecule has 0 amide bonds. The summed E-state index contributed by atoms with van der Waals surface area (Å²) in [4.78, 5) is 2.50. The molecule has 0 atom stereocenters. The summed E-state index contributed by atoms with van der Waals surface area (Å²) in [5, 5.41) is 3.28. The van der Waals surface area contributed by atoms with Crippen LogP contribution >= 0.6 is 0 Å². The second-order valence-corrected chi connectivity index (χ2v) is 5.47. The van der Waals surface area contributed by atoms with Gasteiger partial charge in [-0.25, -0.2) is 4.39 Å². The van der Waals surface area contributed by atoms with Crippen LogP contribution in [0.3, 0.4) is 0 Å². The molecule has 0 radical (unpaired) electrons. The van der Waals surface area contributed by atoms with Crippen LogP contribution in [0.4, 0.5) is 10.1 Å². The first-order valence-electron chi connectivity index (χ1n) is 6.88. The van der Waals surface area contributed by atoms with Gasteiger partial charge in [0.05, 0.1) is 0 Å². The Morgan fingerprint density at radius 1 is 1.39 bits per heavy atom. The van der Waals surface area contributed by atoms with Gasteiger partial charge in [-0.1, -0.05) is 6.07 Å². The lowest BCUT2D eigenvalue weighted by molar-refractivity contribution is 0.221. The molecule has 3 heteroatoms. The van der Waals surface area contributed by atoms with Gasteiger partial charge in [0, 0.05) is 31.4 Å². The largest absolute Gasteiger partial charge is 0.384 e. The molecule has 0 aromatic heterocycles. The Morgan fingerprint density at radius 3 is 2.78 bits per heavy atom. The molecule has 0 aliphatic heterocycles. The zero-order valence-electron chi connectivity index (χ0n) is 11.3. The molecule has 0 spiro atoms. The molecule has 0 saturated heterocycles. The maximum atomic E-state index is 13.0. The summed E-state index contributed by atoms with van der Waals surface area (Å²) in [5.74, 6) is 0.736. The molecule has 0 heterocycles. The van der Waals surface area contributed by atoms with Crippen molar-refractivity contribution in [1.29, 1.82) is 0 Å². The fraction of sp³-hybridized carbons (Fsp3) is 0.600. The lowest BCUT2D eigenvalue weighted by Crippen LogP contribution is -2.36. The van der Waals surface area contributed by atoms with Crippen LogP contribution in [0.1, 0.15) is 26.7 Å². The molecule has 1 aliphatic rings. The van der Waals surface area contributed by atoms with E-state index in [2.05, 4.69) is 24.1 Å². The van der Waals surface area contributed by atoms with Gasteiger partial charge in [-0.15, -0.1) is 0 Å². The van der Waals surface area contributed by atoms with Crippen molar-refractivity contribution in [2.24, 2.45) is 5.92 Å². The standard InChI is InChI=1S/C15H23FN2/c1-12(2)18(11-13-6-7-13)9-8-17-15-5-3-4-14(16)10-15/h3-5,10,12-13,17H,6-9,11H2,1-2H3. The van der Waals surface area contributed by atoms with Crippen molar-refractivity contribution in [3.05, 3.63) is 30.1 Å². The number of nitrogens with one attached hydrogen (secondary N) is 1.